The molecular weight excluding hydrogens is 400 g/mol. The van der Waals surface area contributed by atoms with E-state index in [2.05, 4.69) is 24.5 Å². The summed E-state index contributed by atoms with van der Waals surface area (Å²) in [4.78, 5) is 29.5. The minimum atomic E-state index is -0.230. The minimum Gasteiger partial charge on any atom is -0.394 e. The molecule has 1 saturated carbocycles. The predicted molar refractivity (Wildman–Crippen MR) is 129 cm³/mol. The van der Waals surface area contributed by atoms with Crippen LogP contribution in [0, 0.1) is 12.8 Å². The fourth-order valence-corrected chi connectivity index (χ4v) is 4.73. The number of allylic oxidation sites excluding steroid dienone is 1. The van der Waals surface area contributed by atoms with E-state index in [0.717, 1.165) is 61.8 Å². The molecule has 2 amide bonds. The largest absolute Gasteiger partial charge is 0.394 e. The molecule has 0 spiro atoms. The monoisotopic (exact) mass is 438 g/mol. The third-order valence-electron chi connectivity index (χ3n) is 6.60. The number of nitrogens with zero attached hydrogens (tertiary/aromatic N) is 1. The first-order valence-electron chi connectivity index (χ1n) is 12.1. The van der Waals surface area contributed by atoms with Gasteiger partial charge in [0.1, 0.15) is 5.70 Å². The molecule has 3 unspecified atom stereocenters. The molecule has 0 radical (unpaired) electrons. The Morgan fingerprint density at radius 3 is 2.62 bits per heavy atom. The number of nitrogens with one attached hydrogen (secondary N) is 2. The second kappa shape index (κ2) is 11.3. The van der Waals surface area contributed by atoms with Gasteiger partial charge in [-0.2, -0.15) is 0 Å². The highest BCUT2D eigenvalue weighted by atomic mass is 16.2. The van der Waals surface area contributed by atoms with Crippen molar-refractivity contribution in [1.82, 2.24) is 10.6 Å². The van der Waals surface area contributed by atoms with Gasteiger partial charge >= 0.3 is 0 Å². The van der Waals surface area contributed by atoms with Crippen LogP contribution in [0.3, 0.4) is 0 Å². The number of hydrogen-bond donors (Lipinski definition) is 3. The molecule has 1 aromatic carbocycles. The van der Waals surface area contributed by atoms with Crippen LogP contribution in [0.2, 0.25) is 0 Å². The fourth-order valence-electron chi connectivity index (χ4n) is 4.73. The quantitative estimate of drug-likeness (QED) is 0.510. The first kappa shape index (κ1) is 24.0. The highest BCUT2D eigenvalue weighted by molar-refractivity contribution is 6.09. The van der Waals surface area contributed by atoms with Crippen LogP contribution < -0.4 is 16.4 Å². The summed E-state index contributed by atoms with van der Waals surface area (Å²) in [6.07, 6.45) is 7.09. The lowest BCUT2D eigenvalue weighted by molar-refractivity contribution is -0.119. The average molecular weight is 439 g/mol. The molecule has 1 heterocycles. The minimum absolute atomic E-state index is 0.140. The van der Waals surface area contributed by atoms with Crippen molar-refractivity contribution < 1.29 is 9.59 Å². The molecule has 3 rings (SSSR count). The lowest BCUT2D eigenvalue weighted by atomic mass is 9.97. The number of carbonyl (C=O) groups excluding carboxylic acids is 2. The third kappa shape index (κ3) is 6.44. The van der Waals surface area contributed by atoms with E-state index in [1.807, 2.05) is 31.2 Å². The summed E-state index contributed by atoms with van der Waals surface area (Å²) < 4.78 is 0. The molecule has 32 heavy (non-hydrogen) atoms. The van der Waals surface area contributed by atoms with Crippen molar-refractivity contribution in [3.8, 4) is 0 Å². The first-order chi connectivity index (χ1) is 15.4. The molecule has 1 aromatic rings. The zero-order valence-corrected chi connectivity index (χ0v) is 19.7. The van der Waals surface area contributed by atoms with E-state index >= 15 is 0 Å². The van der Waals surface area contributed by atoms with E-state index in [-0.39, 0.29) is 23.9 Å². The van der Waals surface area contributed by atoms with Gasteiger partial charge in [-0.25, -0.2) is 0 Å². The van der Waals surface area contributed by atoms with Gasteiger partial charge in [0.25, 0.3) is 5.91 Å². The average Bonchev–Trinajstić information content (AvgIpc) is 3.37. The van der Waals surface area contributed by atoms with Crippen molar-refractivity contribution in [3.05, 3.63) is 46.7 Å². The molecule has 1 saturated heterocycles. The third-order valence-corrected chi connectivity index (χ3v) is 6.60. The molecule has 1 aliphatic heterocycles. The second-order valence-corrected chi connectivity index (χ2v) is 9.30. The first-order valence-corrected chi connectivity index (χ1v) is 12.1. The number of benzene rings is 1. The van der Waals surface area contributed by atoms with Gasteiger partial charge in [-0.1, -0.05) is 50.1 Å². The number of rotatable bonds is 9. The van der Waals surface area contributed by atoms with E-state index in [0.29, 0.717) is 24.6 Å². The molecule has 0 bridgehead atoms. The Hall–Kier alpha value is -2.63. The molecule has 0 aromatic heterocycles. The summed E-state index contributed by atoms with van der Waals surface area (Å²) in [5.41, 5.74) is 10.8. The van der Waals surface area contributed by atoms with Gasteiger partial charge in [0, 0.05) is 36.3 Å². The van der Waals surface area contributed by atoms with Crippen LogP contribution in [0.15, 0.2) is 40.5 Å². The van der Waals surface area contributed by atoms with Gasteiger partial charge in [-0.3, -0.25) is 14.6 Å². The number of hydrogen-bond acceptors (Lipinski definition) is 4. The normalized spacial score (nSPS) is 24.5. The van der Waals surface area contributed by atoms with E-state index in [4.69, 9.17) is 10.7 Å². The fraction of sp³-hybridized carbons (Fsp3) is 0.577. The van der Waals surface area contributed by atoms with Crippen LogP contribution in [0.25, 0.3) is 0 Å². The summed E-state index contributed by atoms with van der Waals surface area (Å²) in [5, 5.41) is 6.04. The van der Waals surface area contributed by atoms with Crippen molar-refractivity contribution >= 4 is 17.5 Å². The maximum Gasteiger partial charge on any atom is 0.267 e. The Balaban J connectivity index is 1.75. The molecule has 6 heteroatoms. The number of aryl methyl sites for hydroxylation is 1. The molecule has 2 aliphatic rings. The summed E-state index contributed by atoms with van der Waals surface area (Å²) >= 11 is 0. The predicted octanol–water partition coefficient (Wildman–Crippen LogP) is 3.92. The van der Waals surface area contributed by atoms with Crippen LogP contribution >= 0.6 is 0 Å². The second-order valence-electron chi connectivity index (χ2n) is 9.30. The highest BCUT2D eigenvalue weighted by Gasteiger charge is 2.33. The smallest absolute Gasteiger partial charge is 0.267 e. The molecule has 1 aliphatic carbocycles. The van der Waals surface area contributed by atoms with Crippen molar-refractivity contribution in [2.45, 2.75) is 90.8 Å². The van der Waals surface area contributed by atoms with Gasteiger partial charge in [0.05, 0.1) is 0 Å². The Labute approximate surface area is 192 Å². The van der Waals surface area contributed by atoms with E-state index in [9.17, 15) is 9.59 Å². The van der Waals surface area contributed by atoms with Crippen molar-refractivity contribution in [1.29, 1.82) is 0 Å². The van der Waals surface area contributed by atoms with Crippen molar-refractivity contribution in [2.75, 3.05) is 0 Å². The Kier molecular flexibility index (Phi) is 8.48. The van der Waals surface area contributed by atoms with Gasteiger partial charge < -0.3 is 16.4 Å². The van der Waals surface area contributed by atoms with Crippen LogP contribution in [0.4, 0.5) is 0 Å². The van der Waals surface area contributed by atoms with Crippen molar-refractivity contribution in [2.24, 2.45) is 16.6 Å². The number of amides is 2. The van der Waals surface area contributed by atoms with Gasteiger partial charge in [0.15, 0.2) is 0 Å². The molecule has 174 valence electrons. The van der Waals surface area contributed by atoms with Crippen LogP contribution in [0.5, 0.6) is 0 Å². The Bertz CT molecular complexity index is 872. The summed E-state index contributed by atoms with van der Waals surface area (Å²) in [5.74, 6) is 0.267. The summed E-state index contributed by atoms with van der Waals surface area (Å²) in [7, 11) is 0. The molecule has 6 nitrogen and oxygen atoms in total. The zero-order valence-electron chi connectivity index (χ0n) is 19.7. The molecular formula is C26H38N4O2. The van der Waals surface area contributed by atoms with Crippen molar-refractivity contribution in [3.63, 3.8) is 0 Å². The van der Waals surface area contributed by atoms with E-state index in [1.165, 1.54) is 5.56 Å². The number of aliphatic imine (C=N–C) groups is 1. The van der Waals surface area contributed by atoms with Gasteiger partial charge in [-0.15, -0.1) is 0 Å². The van der Waals surface area contributed by atoms with Crippen LogP contribution in [0.1, 0.15) is 76.3 Å². The van der Waals surface area contributed by atoms with Crippen LogP contribution in [-0.4, -0.2) is 29.6 Å². The van der Waals surface area contributed by atoms with Crippen LogP contribution in [-0.2, 0) is 16.1 Å². The number of carbonyl (C=O) groups is 2. The van der Waals surface area contributed by atoms with E-state index in [1.54, 1.807) is 0 Å². The molecule has 3 atom stereocenters. The maximum atomic E-state index is 12.9. The van der Waals surface area contributed by atoms with Gasteiger partial charge in [0.2, 0.25) is 5.91 Å². The zero-order chi connectivity index (χ0) is 23.1. The SMILES string of the molecule is CCCC(CC)N=C1CC(CC2CCC(=O)N2)C/C1=C(/N)C(=O)NCc1ccc(C)cc1. The van der Waals surface area contributed by atoms with E-state index < -0.39 is 0 Å². The Morgan fingerprint density at radius 1 is 1.25 bits per heavy atom. The maximum absolute atomic E-state index is 12.9. The molecule has 2 fully saturated rings. The number of nitrogens with two attached hydrogens (primary N) is 1. The highest BCUT2D eigenvalue weighted by Crippen LogP contribution is 2.35. The standard InChI is InChI=1S/C26H38N4O2/c1-4-6-20(5-2)29-23-15-19(13-21-11-12-24(31)30-21)14-22(23)25(27)26(32)28-16-18-9-7-17(3)8-10-18/h7-10,19-21H,4-6,11-16,27H2,1-3H3,(H,28,32)(H,30,31)/b25-22-,29-23?. The Morgan fingerprint density at radius 2 is 2.00 bits per heavy atom. The van der Waals surface area contributed by atoms with Gasteiger partial charge in [-0.05, 0) is 56.9 Å². The summed E-state index contributed by atoms with van der Waals surface area (Å²) in [6, 6.07) is 8.60. The molecule has 4 N–H and O–H groups in total. The lowest BCUT2D eigenvalue weighted by Crippen LogP contribution is -2.30. The topological polar surface area (TPSA) is 96.6 Å². The summed E-state index contributed by atoms with van der Waals surface area (Å²) in [6.45, 7) is 6.82. The lowest BCUT2D eigenvalue weighted by Gasteiger charge is -2.14.